The molecular weight excluding hydrogens is 271 g/mol. The minimum Gasteiger partial charge on any atom is -0.480 e. The number of hydrogen-bond donors (Lipinski definition) is 2. The van der Waals surface area contributed by atoms with Gasteiger partial charge in [-0.1, -0.05) is 26.0 Å². The monoisotopic (exact) mass is 296 g/mol. The van der Waals surface area contributed by atoms with Gasteiger partial charge in [-0.2, -0.15) is 0 Å². The van der Waals surface area contributed by atoms with E-state index >= 15 is 0 Å². The molecule has 0 aliphatic heterocycles. The molecule has 4 nitrogen and oxygen atoms in total. The second-order valence-corrected chi connectivity index (χ2v) is 5.40. The van der Waals surface area contributed by atoms with Crippen LogP contribution < -0.4 is 5.32 Å². The van der Waals surface area contributed by atoms with Gasteiger partial charge in [-0.05, 0) is 37.7 Å². The van der Waals surface area contributed by atoms with Gasteiger partial charge < -0.3 is 15.3 Å². The van der Waals surface area contributed by atoms with Crippen molar-refractivity contribution in [2.75, 3.05) is 26.2 Å². The second kappa shape index (κ2) is 8.10. The third kappa shape index (κ3) is 5.44. The third-order valence-corrected chi connectivity index (χ3v) is 3.76. The van der Waals surface area contributed by atoms with Gasteiger partial charge in [0.05, 0.1) is 0 Å². The lowest BCUT2D eigenvalue weighted by atomic mass is 9.92. The normalized spacial score (nSPS) is 14.1. The standard InChI is InChI=1S/C16H25FN2O2/c1-4-19(5-2)10-9-18-16(3,15(20)21)12-13-7-6-8-14(17)11-13/h6-8,11,18H,4-5,9-10,12H2,1-3H3,(H,20,21). The van der Waals surface area contributed by atoms with Crippen molar-refractivity contribution in [3.63, 3.8) is 0 Å². The van der Waals surface area contributed by atoms with E-state index in [0.717, 1.165) is 19.6 Å². The highest BCUT2D eigenvalue weighted by molar-refractivity contribution is 5.78. The summed E-state index contributed by atoms with van der Waals surface area (Å²) < 4.78 is 13.2. The molecule has 118 valence electrons. The summed E-state index contributed by atoms with van der Waals surface area (Å²) in [6.07, 6.45) is 0.248. The van der Waals surface area contributed by atoms with Gasteiger partial charge in [-0.25, -0.2) is 4.39 Å². The van der Waals surface area contributed by atoms with Crippen LogP contribution in [-0.4, -0.2) is 47.7 Å². The average molecular weight is 296 g/mol. The smallest absolute Gasteiger partial charge is 0.323 e. The van der Waals surface area contributed by atoms with Gasteiger partial charge in [-0.15, -0.1) is 0 Å². The molecule has 0 amide bonds. The molecule has 0 saturated heterocycles. The summed E-state index contributed by atoms with van der Waals surface area (Å²) in [6, 6.07) is 6.09. The fourth-order valence-electron chi connectivity index (χ4n) is 2.30. The first-order chi connectivity index (χ1) is 9.91. The van der Waals surface area contributed by atoms with E-state index in [9.17, 15) is 14.3 Å². The minimum atomic E-state index is -1.10. The lowest BCUT2D eigenvalue weighted by Crippen LogP contribution is -2.53. The minimum absolute atomic E-state index is 0.248. The van der Waals surface area contributed by atoms with Crippen molar-refractivity contribution in [3.8, 4) is 0 Å². The zero-order chi connectivity index (χ0) is 15.9. The molecule has 1 atom stereocenters. The van der Waals surface area contributed by atoms with Gasteiger partial charge in [0.1, 0.15) is 11.4 Å². The van der Waals surface area contributed by atoms with Crippen LogP contribution >= 0.6 is 0 Å². The zero-order valence-electron chi connectivity index (χ0n) is 13.0. The molecule has 0 radical (unpaired) electrons. The molecule has 1 rings (SSSR count). The van der Waals surface area contributed by atoms with Crippen LogP contribution in [-0.2, 0) is 11.2 Å². The van der Waals surface area contributed by atoms with Crippen molar-refractivity contribution >= 4 is 5.97 Å². The lowest BCUT2D eigenvalue weighted by Gasteiger charge is -2.28. The van der Waals surface area contributed by atoms with Crippen LogP contribution in [0.4, 0.5) is 4.39 Å². The average Bonchev–Trinajstić information content (AvgIpc) is 2.43. The molecule has 0 bridgehead atoms. The van der Waals surface area contributed by atoms with Crippen molar-refractivity contribution < 1.29 is 14.3 Å². The number of halogens is 1. The van der Waals surface area contributed by atoms with Crippen molar-refractivity contribution in [3.05, 3.63) is 35.6 Å². The van der Waals surface area contributed by atoms with Crippen LogP contribution in [0.15, 0.2) is 24.3 Å². The third-order valence-electron chi connectivity index (χ3n) is 3.76. The second-order valence-electron chi connectivity index (χ2n) is 5.40. The Morgan fingerprint density at radius 2 is 2.05 bits per heavy atom. The Hall–Kier alpha value is -1.46. The Labute approximate surface area is 126 Å². The number of nitrogens with one attached hydrogen (secondary N) is 1. The first-order valence-corrected chi connectivity index (χ1v) is 7.36. The van der Waals surface area contributed by atoms with Crippen LogP contribution in [0.2, 0.25) is 0 Å². The van der Waals surface area contributed by atoms with E-state index in [2.05, 4.69) is 24.1 Å². The van der Waals surface area contributed by atoms with E-state index in [1.165, 1.54) is 12.1 Å². The summed E-state index contributed by atoms with van der Waals surface area (Å²) in [5.74, 6) is -1.27. The zero-order valence-corrected chi connectivity index (χ0v) is 13.0. The Kier molecular flexibility index (Phi) is 6.78. The van der Waals surface area contributed by atoms with Gasteiger partial charge in [0.2, 0.25) is 0 Å². The maximum atomic E-state index is 13.2. The molecule has 21 heavy (non-hydrogen) atoms. The van der Waals surface area contributed by atoms with Gasteiger partial charge in [0, 0.05) is 19.5 Å². The Morgan fingerprint density at radius 1 is 1.38 bits per heavy atom. The molecule has 0 aliphatic carbocycles. The molecule has 1 aromatic rings. The summed E-state index contributed by atoms with van der Waals surface area (Å²) in [4.78, 5) is 13.8. The predicted molar refractivity (Wildman–Crippen MR) is 81.9 cm³/mol. The number of rotatable bonds is 9. The Morgan fingerprint density at radius 3 is 2.57 bits per heavy atom. The quantitative estimate of drug-likeness (QED) is 0.733. The van der Waals surface area contributed by atoms with E-state index in [4.69, 9.17) is 0 Å². The maximum absolute atomic E-state index is 13.2. The largest absolute Gasteiger partial charge is 0.480 e. The van der Waals surface area contributed by atoms with Gasteiger partial charge >= 0.3 is 5.97 Å². The highest BCUT2D eigenvalue weighted by atomic mass is 19.1. The first kappa shape index (κ1) is 17.6. The molecule has 0 aromatic heterocycles. The number of likely N-dealkylation sites (N-methyl/N-ethyl adjacent to an activating group) is 1. The van der Waals surface area contributed by atoms with Crippen LogP contribution in [0.1, 0.15) is 26.3 Å². The molecule has 2 N–H and O–H groups in total. The molecule has 0 saturated carbocycles. The van der Waals surface area contributed by atoms with Crippen LogP contribution in [0.5, 0.6) is 0 Å². The molecule has 0 fully saturated rings. The summed E-state index contributed by atoms with van der Waals surface area (Å²) in [7, 11) is 0. The number of carboxylic acid groups (broad SMARTS) is 1. The number of nitrogens with zero attached hydrogens (tertiary/aromatic N) is 1. The van der Waals surface area contributed by atoms with E-state index < -0.39 is 11.5 Å². The van der Waals surface area contributed by atoms with Crippen molar-refractivity contribution in [1.82, 2.24) is 10.2 Å². The lowest BCUT2D eigenvalue weighted by molar-refractivity contribution is -0.144. The van der Waals surface area contributed by atoms with Crippen LogP contribution in [0.25, 0.3) is 0 Å². The number of benzene rings is 1. The maximum Gasteiger partial charge on any atom is 0.323 e. The molecular formula is C16H25FN2O2. The number of aliphatic carboxylic acids is 1. The fraction of sp³-hybridized carbons (Fsp3) is 0.562. The topological polar surface area (TPSA) is 52.6 Å². The fourth-order valence-corrected chi connectivity index (χ4v) is 2.30. The van der Waals surface area contributed by atoms with Crippen molar-refractivity contribution in [1.29, 1.82) is 0 Å². The molecule has 1 aromatic carbocycles. The predicted octanol–water partition coefficient (Wildman–Crippen LogP) is 2.14. The van der Waals surface area contributed by atoms with E-state index in [1.807, 2.05) is 0 Å². The van der Waals surface area contributed by atoms with Gasteiger partial charge in [0.15, 0.2) is 0 Å². The van der Waals surface area contributed by atoms with Crippen LogP contribution in [0, 0.1) is 5.82 Å². The molecule has 0 aliphatic rings. The molecule has 1 unspecified atom stereocenters. The Balaban J connectivity index is 2.68. The first-order valence-electron chi connectivity index (χ1n) is 7.36. The van der Waals surface area contributed by atoms with Crippen molar-refractivity contribution in [2.24, 2.45) is 0 Å². The van der Waals surface area contributed by atoms with E-state index in [0.29, 0.717) is 12.1 Å². The van der Waals surface area contributed by atoms with Crippen LogP contribution in [0.3, 0.4) is 0 Å². The number of carbonyl (C=O) groups is 1. The van der Waals surface area contributed by atoms with Gasteiger partial charge in [-0.3, -0.25) is 4.79 Å². The number of carboxylic acids is 1. The highest BCUT2D eigenvalue weighted by Crippen LogP contribution is 2.15. The van der Waals surface area contributed by atoms with E-state index in [1.54, 1.807) is 19.1 Å². The molecule has 0 spiro atoms. The summed E-state index contributed by atoms with van der Waals surface area (Å²) in [5.41, 5.74) is -0.420. The number of hydrogen-bond acceptors (Lipinski definition) is 3. The van der Waals surface area contributed by atoms with E-state index in [-0.39, 0.29) is 12.2 Å². The SMILES string of the molecule is CCN(CC)CCNC(C)(Cc1cccc(F)c1)C(=O)O. The summed E-state index contributed by atoms with van der Waals surface area (Å²) >= 11 is 0. The highest BCUT2D eigenvalue weighted by Gasteiger charge is 2.32. The summed E-state index contributed by atoms with van der Waals surface area (Å²) in [5, 5.41) is 12.6. The summed E-state index contributed by atoms with van der Waals surface area (Å²) in [6.45, 7) is 9.04. The molecule has 5 heteroatoms. The Bertz CT molecular complexity index is 463. The molecule has 0 heterocycles. The van der Waals surface area contributed by atoms with Crippen molar-refractivity contribution in [2.45, 2.75) is 32.7 Å². The van der Waals surface area contributed by atoms with Gasteiger partial charge in [0.25, 0.3) is 0 Å².